The Morgan fingerprint density at radius 1 is 1.23 bits per heavy atom. The van der Waals surface area contributed by atoms with Crippen LogP contribution in [0.25, 0.3) is 0 Å². The Labute approximate surface area is 177 Å². The maximum Gasteiger partial charge on any atom is 0.253 e. The summed E-state index contributed by atoms with van der Waals surface area (Å²) in [5.41, 5.74) is 0.413. The molecule has 1 aromatic carbocycles. The summed E-state index contributed by atoms with van der Waals surface area (Å²) in [4.78, 5) is 16.5. The number of sulfone groups is 1. The van der Waals surface area contributed by atoms with Gasteiger partial charge in [0.2, 0.25) is 11.9 Å². The van der Waals surface area contributed by atoms with Gasteiger partial charge in [-0.1, -0.05) is 17.7 Å². The topological polar surface area (TPSA) is 76.1 Å². The molecule has 1 aliphatic carbocycles. The van der Waals surface area contributed by atoms with Crippen molar-refractivity contribution in [3.8, 4) is 0 Å². The monoisotopic (exact) mass is 460 g/mol. The third kappa shape index (κ3) is 5.31. The zero-order valence-corrected chi connectivity index (χ0v) is 17.6. The molecule has 162 valence electrons. The molecule has 0 aliphatic heterocycles. The summed E-state index contributed by atoms with van der Waals surface area (Å²) in [7, 11) is -3.57. The molecule has 10 heteroatoms. The molecule has 0 radical (unpaired) electrons. The molecule has 1 amide bonds. The summed E-state index contributed by atoms with van der Waals surface area (Å²) in [5.74, 6) is -4.43. The molecule has 0 saturated heterocycles. The van der Waals surface area contributed by atoms with Crippen molar-refractivity contribution >= 4 is 27.3 Å². The minimum atomic E-state index is -3.57. The van der Waals surface area contributed by atoms with Gasteiger partial charge < -0.3 is 5.32 Å². The normalized spacial score (nSPS) is 18.0. The lowest BCUT2D eigenvalue weighted by Crippen LogP contribution is -2.37. The van der Waals surface area contributed by atoms with E-state index >= 15 is 0 Å². The average Bonchev–Trinajstić information content (AvgIpc) is 2.66. The Kier molecular flexibility index (Phi) is 6.43. The summed E-state index contributed by atoms with van der Waals surface area (Å²) >= 11 is 6.10. The van der Waals surface area contributed by atoms with E-state index in [2.05, 4.69) is 10.3 Å². The van der Waals surface area contributed by atoms with Crippen LogP contribution < -0.4 is 5.32 Å². The Bertz CT molecular complexity index is 1040. The van der Waals surface area contributed by atoms with Gasteiger partial charge in [-0.05, 0) is 48.6 Å². The van der Waals surface area contributed by atoms with Crippen molar-refractivity contribution in [1.29, 1.82) is 0 Å². The molecule has 5 nitrogen and oxygen atoms in total. The molecule has 1 N–H and O–H groups in total. The zero-order chi connectivity index (χ0) is 22.1. The second-order valence-corrected chi connectivity index (χ2v) is 9.90. The number of alkyl halides is 2. The molecule has 1 aliphatic rings. The average molecular weight is 461 g/mol. The number of carbonyl (C=O) groups excluding carboxylic acids is 1. The number of aromatic nitrogens is 1. The highest BCUT2D eigenvalue weighted by Crippen LogP contribution is 2.41. The van der Waals surface area contributed by atoms with Gasteiger partial charge in [-0.15, -0.1) is 0 Å². The molecule has 1 atom stereocenters. The SMILES string of the molecule is CS(=O)(=O)c1ccc(Cl)c(C(=O)NC(c2ccc(F)nc2)C2CCC(F)(F)CC2)c1. The zero-order valence-electron chi connectivity index (χ0n) is 16.0. The number of rotatable bonds is 5. The molecule has 1 aromatic heterocycles. The summed E-state index contributed by atoms with van der Waals surface area (Å²) < 4.78 is 64.1. The maximum atomic E-state index is 13.6. The number of nitrogens with zero attached hydrogens (tertiary/aromatic N) is 1. The molecule has 2 aromatic rings. The number of hydrogen-bond acceptors (Lipinski definition) is 4. The van der Waals surface area contributed by atoms with Crippen LogP contribution in [0.5, 0.6) is 0 Å². The van der Waals surface area contributed by atoms with Crippen molar-refractivity contribution in [1.82, 2.24) is 10.3 Å². The largest absolute Gasteiger partial charge is 0.345 e. The minimum absolute atomic E-state index is 0.0473. The Morgan fingerprint density at radius 2 is 1.90 bits per heavy atom. The smallest absolute Gasteiger partial charge is 0.253 e. The molecule has 1 fully saturated rings. The molecule has 0 spiro atoms. The van der Waals surface area contributed by atoms with E-state index in [0.29, 0.717) is 5.56 Å². The number of benzene rings is 1. The quantitative estimate of drug-likeness (QED) is 0.663. The van der Waals surface area contributed by atoms with Crippen LogP contribution in [-0.2, 0) is 9.84 Å². The lowest BCUT2D eigenvalue weighted by atomic mass is 9.80. The molecule has 0 bridgehead atoms. The number of carbonyl (C=O) groups is 1. The van der Waals surface area contributed by atoms with Crippen LogP contribution in [0.4, 0.5) is 13.2 Å². The van der Waals surface area contributed by atoms with Gasteiger partial charge in [-0.3, -0.25) is 4.79 Å². The first-order chi connectivity index (χ1) is 14.0. The number of pyridine rings is 1. The van der Waals surface area contributed by atoms with Gasteiger partial charge in [-0.2, -0.15) is 4.39 Å². The lowest BCUT2D eigenvalue weighted by Gasteiger charge is -2.34. The lowest BCUT2D eigenvalue weighted by molar-refractivity contribution is -0.0494. The fourth-order valence-corrected chi connectivity index (χ4v) is 4.42. The number of amides is 1. The number of hydrogen-bond donors (Lipinski definition) is 1. The first-order valence-electron chi connectivity index (χ1n) is 9.26. The highest BCUT2D eigenvalue weighted by Gasteiger charge is 2.38. The van der Waals surface area contributed by atoms with Gasteiger partial charge in [0.1, 0.15) is 0 Å². The van der Waals surface area contributed by atoms with Crippen molar-refractivity contribution in [2.45, 2.75) is 42.5 Å². The van der Waals surface area contributed by atoms with Gasteiger partial charge in [0.15, 0.2) is 9.84 Å². The van der Waals surface area contributed by atoms with Gasteiger partial charge in [-0.25, -0.2) is 22.2 Å². The number of halogens is 4. The molecule has 30 heavy (non-hydrogen) atoms. The van der Waals surface area contributed by atoms with E-state index in [9.17, 15) is 26.4 Å². The van der Waals surface area contributed by atoms with Crippen LogP contribution in [0.3, 0.4) is 0 Å². The van der Waals surface area contributed by atoms with Gasteiger partial charge in [0.25, 0.3) is 5.91 Å². The summed E-state index contributed by atoms with van der Waals surface area (Å²) in [6.07, 6.45) is 1.94. The van der Waals surface area contributed by atoms with Crippen LogP contribution in [0.15, 0.2) is 41.4 Å². The third-order valence-electron chi connectivity index (χ3n) is 5.24. The van der Waals surface area contributed by atoms with Crippen molar-refractivity contribution in [2.75, 3.05) is 6.26 Å². The first-order valence-corrected chi connectivity index (χ1v) is 11.5. The summed E-state index contributed by atoms with van der Waals surface area (Å²) in [5, 5.41) is 2.81. The standard InChI is InChI=1S/C20H20ClF3N2O3S/c1-30(28,29)14-3-4-16(21)15(10-14)19(27)26-18(13-2-5-17(22)25-11-13)12-6-8-20(23,24)9-7-12/h2-5,10-12,18H,6-9H2,1H3,(H,26,27). The van der Waals surface area contributed by atoms with E-state index in [0.717, 1.165) is 12.3 Å². The summed E-state index contributed by atoms with van der Waals surface area (Å²) in [6, 6.07) is 5.63. The van der Waals surface area contributed by atoms with E-state index in [1.807, 2.05) is 0 Å². The third-order valence-corrected chi connectivity index (χ3v) is 6.68. The van der Waals surface area contributed by atoms with Gasteiger partial charge >= 0.3 is 0 Å². The fraction of sp³-hybridized carbons (Fsp3) is 0.400. The first kappa shape index (κ1) is 22.6. The molecule has 1 heterocycles. The van der Waals surface area contributed by atoms with Gasteiger partial charge in [0.05, 0.1) is 21.5 Å². The van der Waals surface area contributed by atoms with Crippen LogP contribution >= 0.6 is 11.6 Å². The highest BCUT2D eigenvalue weighted by molar-refractivity contribution is 7.90. The minimum Gasteiger partial charge on any atom is -0.345 e. The molecule has 1 unspecified atom stereocenters. The van der Waals surface area contributed by atoms with E-state index in [4.69, 9.17) is 11.6 Å². The van der Waals surface area contributed by atoms with Crippen LogP contribution in [0.1, 0.15) is 47.6 Å². The van der Waals surface area contributed by atoms with E-state index in [-0.39, 0.29) is 47.1 Å². The molecule has 1 saturated carbocycles. The van der Waals surface area contributed by atoms with Crippen molar-refractivity contribution in [3.05, 3.63) is 58.6 Å². The van der Waals surface area contributed by atoms with E-state index in [1.54, 1.807) is 0 Å². The van der Waals surface area contributed by atoms with Crippen molar-refractivity contribution in [2.24, 2.45) is 5.92 Å². The second kappa shape index (κ2) is 8.55. The van der Waals surface area contributed by atoms with Crippen LogP contribution in [0.2, 0.25) is 5.02 Å². The molecular formula is C20H20ClF3N2O3S. The summed E-state index contributed by atoms with van der Waals surface area (Å²) in [6.45, 7) is 0. The maximum absolute atomic E-state index is 13.6. The highest BCUT2D eigenvalue weighted by atomic mass is 35.5. The Morgan fingerprint density at radius 3 is 2.47 bits per heavy atom. The number of nitrogens with one attached hydrogen (secondary N) is 1. The fourth-order valence-electron chi connectivity index (χ4n) is 3.57. The van der Waals surface area contributed by atoms with Gasteiger partial charge in [0, 0.05) is 25.3 Å². The van der Waals surface area contributed by atoms with Crippen LogP contribution in [0, 0.1) is 11.9 Å². The Balaban J connectivity index is 1.91. The van der Waals surface area contributed by atoms with E-state index < -0.39 is 33.7 Å². The van der Waals surface area contributed by atoms with E-state index in [1.165, 1.54) is 30.5 Å². The second-order valence-electron chi connectivity index (χ2n) is 7.47. The molecular weight excluding hydrogens is 441 g/mol. The predicted octanol–water partition coefficient (Wildman–Crippen LogP) is 4.57. The predicted molar refractivity (Wildman–Crippen MR) is 106 cm³/mol. The molecule has 3 rings (SSSR count). The van der Waals surface area contributed by atoms with Crippen molar-refractivity contribution < 1.29 is 26.4 Å². The van der Waals surface area contributed by atoms with Crippen molar-refractivity contribution in [3.63, 3.8) is 0 Å². The Hall–Kier alpha value is -2.13. The van der Waals surface area contributed by atoms with Crippen LogP contribution in [-0.4, -0.2) is 31.5 Å².